The molecule has 3 amide bonds. The van der Waals surface area contributed by atoms with Crippen molar-refractivity contribution in [1.29, 1.82) is 0 Å². The number of likely N-dealkylation sites (N-methyl/N-ethyl adjacent to an activating group) is 1. The molecule has 0 saturated heterocycles. The third-order valence-electron chi connectivity index (χ3n) is 7.83. The summed E-state index contributed by atoms with van der Waals surface area (Å²) >= 11 is 0. The number of aromatic hydroxyl groups is 1. The topological polar surface area (TPSA) is 157 Å². The van der Waals surface area contributed by atoms with Gasteiger partial charge in [0.15, 0.2) is 0 Å². The van der Waals surface area contributed by atoms with Gasteiger partial charge >= 0.3 is 0 Å². The maximum atomic E-state index is 12.5. The minimum absolute atomic E-state index is 0.00416. The first-order valence-corrected chi connectivity index (χ1v) is 15.1. The number of allylic oxidation sites excluding steroid dienone is 3. The van der Waals surface area contributed by atoms with E-state index < -0.39 is 17.9 Å². The van der Waals surface area contributed by atoms with Gasteiger partial charge in [-0.05, 0) is 93.6 Å². The van der Waals surface area contributed by atoms with E-state index in [9.17, 15) is 24.3 Å². The van der Waals surface area contributed by atoms with Gasteiger partial charge in [-0.25, -0.2) is 0 Å². The zero-order valence-electron chi connectivity index (χ0n) is 25.7. The zero-order valence-corrected chi connectivity index (χ0v) is 25.7. The molecule has 1 aliphatic heterocycles. The standard InChI is InChI=1S/C17H30N4.C15H18N2O5/c1-2-21(17-6-3-7-17)14-15-8-11-19-10-4-5-16(18)13-20-12-9-15;1-10-8-11(20)5-6-12(10)15(22)17(9-19)13(4-3-7-18)14(21)16-2/h4-5,10,13,15,17,19H,2-3,6-9,11-12,14,18H2,1H3;5-9,13,20H,3-4H2,1-2H3,(H,16,21)/b10-4+,16-5+,20-13?;. The van der Waals surface area contributed by atoms with Gasteiger partial charge in [-0.1, -0.05) is 13.3 Å². The molecule has 5 N–H and O–H groups in total. The molecule has 0 radical (unpaired) electrons. The summed E-state index contributed by atoms with van der Waals surface area (Å²) in [5, 5.41) is 15.1. The van der Waals surface area contributed by atoms with Gasteiger partial charge < -0.3 is 31.2 Å². The molecule has 1 aromatic rings. The molecule has 0 bridgehead atoms. The molecule has 1 heterocycles. The highest BCUT2D eigenvalue weighted by atomic mass is 16.3. The van der Waals surface area contributed by atoms with Crippen molar-refractivity contribution in [3.8, 4) is 5.75 Å². The number of nitrogens with two attached hydrogens (primary N) is 1. The number of hydrogen-bond acceptors (Lipinski definition) is 9. The summed E-state index contributed by atoms with van der Waals surface area (Å²) in [6.07, 6.45) is 15.1. The van der Waals surface area contributed by atoms with Crippen LogP contribution in [-0.4, -0.2) is 90.9 Å². The first kappa shape index (κ1) is 35.2. The summed E-state index contributed by atoms with van der Waals surface area (Å²) in [4.78, 5) is 54.1. The van der Waals surface area contributed by atoms with Crippen molar-refractivity contribution < 1.29 is 24.3 Å². The van der Waals surface area contributed by atoms with Crippen molar-refractivity contribution >= 4 is 30.7 Å². The number of carbonyl (C=O) groups excluding carboxylic acids is 4. The largest absolute Gasteiger partial charge is 0.508 e. The van der Waals surface area contributed by atoms with E-state index in [0.29, 0.717) is 17.8 Å². The summed E-state index contributed by atoms with van der Waals surface area (Å²) in [5.74, 6) is -0.477. The lowest BCUT2D eigenvalue weighted by atomic mass is 9.90. The number of amides is 3. The molecule has 3 rings (SSSR count). The number of phenols is 1. The van der Waals surface area contributed by atoms with E-state index in [2.05, 4.69) is 27.4 Å². The third kappa shape index (κ3) is 11.7. The van der Waals surface area contributed by atoms with Gasteiger partial charge in [0.2, 0.25) is 12.3 Å². The summed E-state index contributed by atoms with van der Waals surface area (Å²) < 4.78 is 0. The maximum Gasteiger partial charge on any atom is 0.261 e. The Hall–Kier alpha value is -3.99. The van der Waals surface area contributed by atoms with Gasteiger partial charge in [-0.15, -0.1) is 0 Å². The van der Waals surface area contributed by atoms with E-state index in [1.165, 1.54) is 64.0 Å². The number of hydrogen-bond donors (Lipinski definition) is 4. The van der Waals surface area contributed by atoms with Gasteiger partial charge in [0.1, 0.15) is 18.1 Å². The third-order valence-corrected chi connectivity index (χ3v) is 7.83. The second kappa shape index (κ2) is 19.2. The van der Waals surface area contributed by atoms with Crippen molar-refractivity contribution in [2.45, 2.75) is 70.9 Å². The first-order chi connectivity index (χ1) is 20.7. The fourth-order valence-electron chi connectivity index (χ4n) is 5.09. The lowest BCUT2D eigenvalue weighted by Gasteiger charge is -2.39. The average Bonchev–Trinajstić information content (AvgIpc) is 2.96. The highest BCUT2D eigenvalue weighted by Crippen LogP contribution is 2.26. The van der Waals surface area contributed by atoms with Gasteiger partial charge in [0.25, 0.3) is 5.91 Å². The number of nitrogens with one attached hydrogen (secondary N) is 2. The normalized spacial score (nSPS) is 19.8. The molecule has 11 nitrogen and oxygen atoms in total. The van der Waals surface area contributed by atoms with Crippen molar-refractivity contribution in [1.82, 2.24) is 20.4 Å². The minimum Gasteiger partial charge on any atom is -0.508 e. The van der Waals surface area contributed by atoms with Crippen LogP contribution in [0.25, 0.3) is 0 Å². The Balaban J connectivity index is 0.000000300. The Morgan fingerprint density at radius 1 is 1.23 bits per heavy atom. The maximum absolute atomic E-state index is 12.5. The van der Waals surface area contributed by atoms with E-state index in [-0.39, 0.29) is 30.6 Å². The molecule has 43 heavy (non-hydrogen) atoms. The number of aldehydes is 1. The molecule has 1 aliphatic carbocycles. The molecule has 1 aromatic carbocycles. The van der Waals surface area contributed by atoms with Crippen LogP contribution in [0.5, 0.6) is 5.75 Å². The van der Waals surface area contributed by atoms with Crippen LogP contribution >= 0.6 is 0 Å². The SMILES string of the molecule is CCN(CC1CCN=C/C(N)=C\C=C\NCC1)C1CCC1.CNC(=O)C(CCC=O)N(C=O)C(=O)c1ccc(O)cc1C. The van der Waals surface area contributed by atoms with Crippen LogP contribution in [0.4, 0.5) is 0 Å². The lowest BCUT2D eigenvalue weighted by Crippen LogP contribution is -2.48. The summed E-state index contributed by atoms with van der Waals surface area (Å²) in [6, 6.07) is 3.87. The average molecular weight is 597 g/mol. The number of aryl methyl sites for hydroxylation is 1. The molecule has 236 valence electrons. The number of aliphatic imine (C=N–C) groups is 1. The van der Waals surface area contributed by atoms with Crippen LogP contribution in [0.3, 0.4) is 0 Å². The predicted octanol–water partition coefficient (Wildman–Crippen LogP) is 2.68. The van der Waals surface area contributed by atoms with Crippen molar-refractivity contribution in [2.75, 3.05) is 33.2 Å². The predicted molar refractivity (Wildman–Crippen MR) is 169 cm³/mol. The van der Waals surface area contributed by atoms with Gasteiger partial charge in [-0.2, -0.15) is 0 Å². The van der Waals surface area contributed by atoms with Crippen LogP contribution in [-0.2, 0) is 14.4 Å². The van der Waals surface area contributed by atoms with Crippen LogP contribution in [0.2, 0.25) is 0 Å². The van der Waals surface area contributed by atoms with Gasteiger partial charge in [0.05, 0.1) is 0 Å². The highest BCUT2D eigenvalue weighted by molar-refractivity contribution is 6.04. The number of imide groups is 1. The minimum atomic E-state index is -1.06. The molecule has 0 spiro atoms. The number of phenolic OH excluding ortho intramolecular Hbond substituents is 1. The van der Waals surface area contributed by atoms with Crippen LogP contribution in [0.15, 0.2) is 47.2 Å². The summed E-state index contributed by atoms with van der Waals surface area (Å²) in [5.41, 5.74) is 7.23. The monoisotopic (exact) mass is 596 g/mol. The number of benzene rings is 1. The highest BCUT2D eigenvalue weighted by Gasteiger charge is 2.30. The van der Waals surface area contributed by atoms with Crippen LogP contribution in [0, 0.1) is 12.8 Å². The van der Waals surface area contributed by atoms with E-state index in [0.717, 1.165) is 36.1 Å². The number of carbonyl (C=O) groups is 4. The van der Waals surface area contributed by atoms with Crippen molar-refractivity contribution in [3.05, 3.63) is 53.4 Å². The summed E-state index contributed by atoms with van der Waals surface area (Å²) in [6.45, 7) is 8.20. The summed E-state index contributed by atoms with van der Waals surface area (Å²) in [7, 11) is 1.38. The Morgan fingerprint density at radius 3 is 2.60 bits per heavy atom. The molecular weight excluding hydrogens is 548 g/mol. The van der Waals surface area contributed by atoms with E-state index in [1.807, 2.05) is 18.4 Å². The second-order valence-electron chi connectivity index (χ2n) is 10.8. The molecule has 0 aromatic heterocycles. The fourth-order valence-corrected chi connectivity index (χ4v) is 5.09. The fraction of sp³-hybridized carbons (Fsp3) is 0.531. The Kier molecular flexibility index (Phi) is 15.8. The molecule has 1 fully saturated rings. The molecule has 2 atom stereocenters. The zero-order chi connectivity index (χ0) is 31.6. The van der Waals surface area contributed by atoms with Gasteiger partial charge in [0, 0.05) is 56.6 Å². The molecule has 2 unspecified atom stereocenters. The second-order valence-corrected chi connectivity index (χ2v) is 10.8. The van der Waals surface area contributed by atoms with E-state index >= 15 is 0 Å². The lowest BCUT2D eigenvalue weighted by molar-refractivity contribution is -0.131. The van der Waals surface area contributed by atoms with Gasteiger partial charge in [-0.3, -0.25) is 24.3 Å². The smallest absolute Gasteiger partial charge is 0.261 e. The first-order valence-electron chi connectivity index (χ1n) is 15.1. The van der Waals surface area contributed by atoms with Crippen molar-refractivity contribution in [3.63, 3.8) is 0 Å². The number of rotatable bonds is 11. The van der Waals surface area contributed by atoms with Crippen LogP contribution in [0.1, 0.15) is 67.8 Å². The number of nitrogens with zero attached hydrogens (tertiary/aromatic N) is 3. The van der Waals surface area contributed by atoms with E-state index in [4.69, 9.17) is 5.73 Å². The van der Waals surface area contributed by atoms with E-state index in [1.54, 1.807) is 13.1 Å². The Labute approximate surface area is 255 Å². The molecule has 2 aliphatic rings. The van der Waals surface area contributed by atoms with Crippen LogP contribution < -0.4 is 16.4 Å². The van der Waals surface area contributed by atoms with Crippen molar-refractivity contribution in [2.24, 2.45) is 16.6 Å². The molecule has 1 saturated carbocycles. The Morgan fingerprint density at radius 2 is 2.00 bits per heavy atom. The molecular formula is C32H48N6O5. The Bertz CT molecular complexity index is 1150. The molecule has 11 heteroatoms. The quantitative estimate of drug-likeness (QED) is 0.284.